The van der Waals surface area contributed by atoms with E-state index in [0.29, 0.717) is 48.3 Å². The zero-order valence-corrected chi connectivity index (χ0v) is 25.3. The molecule has 5 unspecified atom stereocenters. The summed E-state index contributed by atoms with van der Waals surface area (Å²) in [4.78, 5) is 18.8. The van der Waals surface area contributed by atoms with Crippen molar-refractivity contribution in [1.82, 2.24) is 9.80 Å². The minimum absolute atomic E-state index is 0.0572. The van der Waals surface area contributed by atoms with Gasteiger partial charge in [-0.15, -0.1) is 0 Å². The van der Waals surface area contributed by atoms with Gasteiger partial charge < -0.3 is 4.90 Å². The fourth-order valence-electron chi connectivity index (χ4n) is 9.11. The summed E-state index contributed by atoms with van der Waals surface area (Å²) < 4.78 is 0. The average molecular weight is 558 g/mol. The van der Waals surface area contributed by atoms with Crippen LogP contribution in [-0.4, -0.2) is 41.4 Å². The predicted molar refractivity (Wildman–Crippen MR) is 167 cm³/mol. The van der Waals surface area contributed by atoms with Crippen LogP contribution in [0.4, 0.5) is 0 Å². The lowest BCUT2D eigenvalue weighted by Gasteiger charge is -2.54. The van der Waals surface area contributed by atoms with Gasteiger partial charge in [0.2, 0.25) is 5.91 Å². The number of piperazine rings is 1. The highest BCUT2D eigenvalue weighted by Crippen LogP contribution is 2.58. The normalized spacial score (nSPS) is 29.5. The van der Waals surface area contributed by atoms with Crippen molar-refractivity contribution in [1.29, 1.82) is 5.26 Å². The summed E-state index contributed by atoms with van der Waals surface area (Å²) >= 11 is 0. The van der Waals surface area contributed by atoms with Crippen LogP contribution in [0.15, 0.2) is 66.7 Å². The van der Waals surface area contributed by atoms with Gasteiger partial charge in [-0.25, -0.2) is 0 Å². The van der Waals surface area contributed by atoms with E-state index in [1.165, 1.54) is 51.8 Å². The lowest BCUT2D eigenvalue weighted by Crippen LogP contribution is -2.57. The van der Waals surface area contributed by atoms with Gasteiger partial charge in [0.25, 0.3) is 0 Å². The smallest absolute Gasteiger partial charge is 0.223 e. The molecule has 3 aromatic carbocycles. The van der Waals surface area contributed by atoms with Crippen LogP contribution >= 0.6 is 0 Å². The maximum Gasteiger partial charge on any atom is 0.223 e. The number of hydrogen-bond donors (Lipinski definition) is 0. The van der Waals surface area contributed by atoms with Gasteiger partial charge in [-0.05, 0) is 103 Å². The van der Waals surface area contributed by atoms with Crippen molar-refractivity contribution in [3.8, 4) is 6.07 Å². The minimum atomic E-state index is 0.0572. The summed E-state index contributed by atoms with van der Waals surface area (Å²) in [5, 5.41) is 9.95. The fourth-order valence-corrected chi connectivity index (χ4v) is 9.11. The first-order valence-corrected chi connectivity index (χ1v) is 16.1. The minimum Gasteiger partial charge on any atom is -0.333 e. The first kappa shape index (κ1) is 27.4. The molecule has 0 N–H and O–H groups in total. The van der Waals surface area contributed by atoms with Gasteiger partial charge in [0.05, 0.1) is 18.5 Å². The van der Waals surface area contributed by atoms with E-state index < -0.39 is 0 Å². The molecular formula is C38H43N3O. The molecule has 3 fully saturated rings. The molecule has 0 bridgehead atoms. The first-order valence-electron chi connectivity index (χ1n) is 16.1. The lowest BCUT2D eigenvalue weighted by atomic mass is 9.56. The third-order valence-corrected chi connectivity index (χ3v) is 11.4. The Hall–Kier alpha value is -3.42. The largest absolute Gasteiger partial charge is 0.333 e. The Balaban J connectivity index is 1.18. The van der Waals surface area contributed by atoms with Gasteiger partial charge in [-0.2, -0.15) is 5.26 Å². The summed E-state index contributed by atoms with van der Waals surface area (Å²) in [7, 11) is 0. The summed E-state index contributed by atoms with van der Waals surface area (Å²) in [6, 6.07) is 27.4. The van der Waals surface area contributed by atoms with Gasteiger partial charge in [0, 0.05) is 32.1 Å². The van der Waals surface area contributed by atoms with Crippen molar-refractivity contribution in [2.24, 2.45) is 11.8 Å². The van der Waals surface area contributed by atoms with Gasteiger partial charge in [-0.3, -0.25) is 9.69 Å². The third kappa shape index (κ3) is 4.58. The van der Waals surface area contributed by atoms with Crippen LogP contribution < -0.4 is 0 Å². The first-order chi connectivity index (χ1) is 20.4. The van der Waals surface area contributed by atoms with Crippen molar-refractivity contribution in [3.05, 3.63) is 106 Å². The second-order valence-electron chi connectivity index (χ2n) is 13.5. The number of fused-ring (bicyclic) bond motifs is 5. The molecule has 216 valence electrons. The summed E-state index contributed by atoms with van der Waals surface area (Å²) in [6.45, 7) is 9.02. The molecule has 0 spiro atoms. The van der Waals surface area contributed by atoms with Crippen molar-refractivity contribution in [3.63, 3.8) is 0 Å². The molecular weight excluding hydrogens is 514 g/mol. The highest BCUT2D eigenvalue weighted by Gasteiger charge is 2.50. The Labute approximate surface area is 251 Å². The molecule has 42 heavy (non-hydrogen) atoms. The van der Waals surface area contributed by atoms with Crippen LogP contribution in [0.1, 0.15) is 94.8 Å². The standard InChI is InChI=1S/C38H43N3O/c1-24-12-13-28(26(3)20-24)33-21-34-29-10-6-7-11-31(29)37-23-40(18-19-41(37)38(42)22-35(33)34)36(16-17-39)32-15-14-30(32)27-9-5-4-8-25(27)2/h4-13,20,30,32-37H,14-16,18-19,21-23H2,1-3H3/t30?,32?,33?,34-,35-,36?,37?/m1/s1. The van der Waals surface area contributed by atoms with E-state index >= 15 is 0 Å². The molecule has 4 heteroatoms. The maximum atomic E-state index is 14.0. The van der Waals surface area contributed by atoms with Crippen molar-refractivity contribution < 1.29 is 4.79 Å². The molecule has 2 heterocycles. The molecule has 4 nitrogen and oxygen atoms in total. The van der Waals surface area contributed by atoms with Crippen LogP contribution in [0, 0.1) is 43.9 Å². The zero-order valence-electron chi connectivity index (χ0n) is 25.3. The number of aryl methyl sites for hydroxylation is 3. The van der Waals surface area contributed by atoms with Crippen LogP contribution in [0.5, 0.6) is 0 Å². The van der Waals surface area contributed by atoms with Gasteiger partial charge in [0.15, 0.2) is 0 Å². The second-order valence-corrected chi connectivity index (χ2v) is 13.5. The fraction of sp³-hybridized carbons (Fsp3) is 0.474. The van der Waals surface area contributed by atoms with Gasteiger partial charge >= 0.3 is 0 Å². The number of carbonyl (C=O) groups is 1. The molecule has 0 aromatic heterocycles. The molecule has 7 rings (SSSR count). The predicted octanol–water partition coefficient (Wildman–Crippen LogP) is 7.56. The number of amides is 1. The molecule has 4 aliphatic rings. The number of carbonyl (C=O) groups excluding carboxylic acids is 1. The van der Waals surface area contributed by atoms with Crippen LogP contribution in [-0.2, 0) is 4.79 Å². The van der Waals surface area contributed by atoms with E-state index in [9.17, 15) is 10.1 Å². The lowest BCUT2D eigenvalue weighted by molar-refractivity contribution is -0.140. The van der Waals surface area contributed by atoms with E-state index in [1.807, 2.05) is 0 Å². The molecule has 0 radical (unpaired) electrons. The number of nitriles is 1. The van der Waals surface area contributed by atoms with Gasteiger partial charge in [-0.1, -0.05) is 72.3 Å². The highest BCUT2D eigenvalue weighted by atomic mass is 16.2. The third-order valence-electron chi connectivity index (χ3n) is 11.4. The number of hydrogen-bond acceptors (Lipinski definition) is 3. The highest BCUT2D eigenvalue weighted by molar-refractivity contribution is 5.78. The Morgan fingerprint density at radius 3 is 2.26 bits per heavy atom. The number of benzene rings is 3. The SMILES string of the molecule is Cc1ccc(C2C[C@@H]3c4ccccc4C4CN(C(CC#N)C5CCC5c5ccccc5C)CCN4C(=O)C[C@H]23)c(C)c1. The average Bonchev–Trinajstić information content (AvgIpc) is 2.96. The van der Waals surface area contributed by atoms with Gasteiger partial charge in [0.1, 0.15) is 0 Å². The monoisotopic (exact) mass is 557 g/mol. The molecule has 2 aliphatic heterocycles. The van der Waals surface area contributed by atoms with E-state index in [0.717, 1.165) is 26.1 Å². The Bertz CT molecular complexity index is 1540. The van der Waals surface area contributed by atoms with E-state index in [4.69, 9.17) is 0 Å². The summed E-state index contributed by atoms with van der Waals surface area (Å²) in [5.74, 6) is 2.56. The Morgan fingerprint density at radius 2 is 1.55 bits per heavy atom. The van der Waals surface area contributed by atoms with Crippen LogP contribution in [0.2, 0.25) is 0 Å². The van der Waals surface area contributed by atoms with E-state index in [1.54, 1.807) is 0 Å². The molecule has 3 aromatic rings. The van der Waals surface area contributed by atoms with E-state index in [-0.39, 0.29) is 12.1 Å². The quantitative estimate of drug-likeness (QED) is 0.325. The van der Waals surface area contributed by atoms with Crippen LogP contribution in [0.25, 0.3) is 0 Å². The molecule has 2 saturated carbocycles. The molecule has 1 amide bonds. The molecule has 1 saturated heterocycles. The maximum absolute atomic E-state index is 14.0. The Kier molecular flexibility index (Phi) is 7.19. The number of rotatable bonds is 5. The summed E-state index contributed by atoms with van der Waals surface area (Å²) in [6.07, 6.45) is 4.68. The number of nitrogens with zero attached hydrogens (tertiary/aromatic N) is 3. The van der Waals surface area contributed by atoms with E-state index in [2.05, 4.69) is 103 Å². The van der Waals surface area contributed by atoms with Crippen molar-refractivity contribution in [2.45, 2.75) is 82.7 Å². The van der Waals surface area contributed by atoms with Crippen LogP contribution in [0.3, 0.4) is 0 Å². The zero-order chi connectivity index (χ0) is 29.0. The summed E-state index contributed by atoms with van der Waals surface area (Å²) in [5.41, 5.74) is 9.69. The Morgan fingerprint density at radius 1 is 0.833 bits per heavy atom. The van der Waals surface area contributed by atoms with Crippen molar-refractivity contribution in [2.75, 3.05) is 19.6 Å². The topological polar surface area (TPSA) is 47.3 Å². The molecule has 7 atom stereocenters. The second kappa shape index (κ2) is 11.0. The van der Waals surface area contributed by atoms with Crippen molar-refractivity contribution >= 4 is 5.91 Å². The molecule has 2 aliphatic carbocycles.